The fraction of sp³-hybridized carbons (Fsp3) is 0.333. The molecule has 2 aromatic heterocycles. The van der Waals surface area contributed by atoms with Gasteiger partial charge >= 0.3 is 0 Å². The number of hydrogen-bond acceptors (Lipinski definition) is 8. The molecular weight excluding hydrogens is 423 g/mol. The summed E-state index contributed by atoms with van der Waals surface area (Å²) in [6.45, 7) is 0.0133. The van der Waals surface area contributed by atoms with Gasteiger partial charge in [0.15, 0.2) is 5.82 Å². The zero-order chi connectivity index (χ0) is 20.6. The lowest BCUT2D eigenvalue weighted by molar-refractivity contribution is -0.184. The zero-order valence-electron chi connectivity index (χ0n) is 15.0. The Hall–Kier alpha value is -2.30. The lowest BCUT2D eigenvalue weighted by Gasteiger charge is -2.36. The average Bonchev–Trinajstić information content (AvgIpc) is 3.11. The third kappa shape index (κ3) is 4.05. The third-order valence-electron chi connectivity index (χ3n) is 4.59. The lowest BCUT2D eigenvalue weighted by atomic mass is 9.94. The van der Waals surface area contributed by atoms with Crippen molar-refractivity contribution in [3.8, 4) is 0 Å². The van der Waals surface area contributed by atoms with Crippen LogP contribution in [0.15, 0.2) is 39.8 Å². The molecular formula is C18H16Cl2N4O5. The first-order chi connectivity index (χ1) is 13.9. The van der Waals surface area contributed by atoms with E-state index in [4.69, 9.17) is 32.5 Å². The number of hydrogen-bond donors (Lipinski definition) is 2. The van der Waals surface area contributed by atoms with E-state index >= 15 is 0 Å². The van der Waals surface area contributed by atoms with Crippen molar-refractivity contribution >= 4 is 23.2 Å². The van der Waals surface area contributed by atoms with Gasteiger partial charge in [0.25, 0.3) is 5.56 Å². The molecule has 1 fully saturated rings. The normalized spacial score (nSPS) is 16.4. The van der Waals surface area contributed by atoms with Gasteiger partial charge in [-0.05, 0) is 17.7 Å². The van der Waals surface area contributed by atoms with Crippen LogP contribution in [0, 0.1) is 0 Å². The fourth-order valence-electron chi connectivity index (χ4n) is 2.89. The Morgan fingerprint density at radius 1 is 1.24 bits per heavy atom. The van der Waals surface area contributed by atoms with Gasteiger partial charge in [-0.1, -0.05) is 40.5 Å². The molecule has 1 aromatic carbocycles. The maximum absolute atomic E-state index is 12.5. The summed E-state index contributed by atoms with van der Waals surface area (Å²) < 4.78 is 11.2. The van der Waals surface area contributed by atoms with Crippen molar-refractivity contribution in [2.45, 2.75) is 24.7 Å². The number of rotatable bonds is 6. The number of nitrogens with zero attached hydrogens (tertiary/aromatic N) is 4. The van der Waals surface area contributed by atoms with Crippen LogP contribution in [0.5, 0.6) is 0 Å². The largest absolute Gasteiger partial charge is 0.388 e. The second-order valence-corrected chi connectivity index (χ2v) is 7.55. The van der Waals surface area contributed by atoms with Crippen LogP contribution in [-0.4, -0.2) is 43.3 Å². The van der Waals surface area contributed by atoms with Crippen LogP contribution in [0.4, 0.5) is 0 Å². The SMILES string of the molecule is O=c1c(Cl)c(C2(O)COC2)cnn1Cc1nc(C[C@H](O)c2ccc(Cl)cc2)no1. The van der Waals surface area contributed by atoms with Crippen LogP contribution in [0.2, 0.25) is 10.0 Å². The highest BCUT2D eigenvalue weighted by atomic mass is 35.5. The molecule has 0 bridgehead atoms. The van der Waals surface area contributed by atoms with Crippen molar-refractivity contribution < 1.29 is 19.5 Å². The minimum Gasteiger partial charge on any atom is -0.388 e. The molecule has 0 spiro atoms. The monoisotopic (exact) mass is 438 g/mol. The van der Waals surface area contributed by atoms with Gasteiger partial charge < -0.3 is 19.5 Å². The molecule has 1 aliphatic rings. The summed E-state index contributed by atoms with van der Waals surface area (Å²) in [5.41, 5.74) is -0.994. The predicted molar refractivity (Wildman–Crippen MR) is 102 cm³/mol. The van der Waals surface area contributed by atoms with E-state index in [0.29, 0.717) is 10.6 Å². The van der Waals surface area contributed by atoms with Gasteiger partial charge in [-0.3, -0.25) is 4.79 Å². The molecule has 11 heteroatoms. The molecule has 1 aliphatic heterocycles. The van der Waals surface area contributed by atoms with Crippen molar-refractivity contribution in [3.63, 3.8) is 0 Å². The second kappa shape index (κ2) is 7.85. The summed E-state index contributed by atoms with van der Waals surface area (Å²) in [5, 5.41) is 28.9. The first-order valence-electron chi connectivity index (χ1n) is 8.67. The quantitative estimate of drug-likeness (QED) is 0.592. The number of aliphatic hydroxyl groups is 2. The van der Waals surface area contributed by atoms with Gasteiger partial charge in [0, 0.05) is 17.0 Å². The highest BCUT2D eigenvalue weighted by molar-refractivity contribution is 6.31. The van der Waals surface area contributed by atoms with Crippen LogP contribution in [0.3, 0.4) is 0 Å². The van der Waals surface area contributed by atoms with Gasteiger partial charge in [-0.2, -0.15) is 10.1 Å². The molecule has 0 amide bonds. The number of benzene rings is 1. The Morgan fingerprint density at radius 2 is 1.97 bits per heavy atom. The summed E-state index contributed by atoms with van der Waals surface area (Å²) >= 11 is 12.0. The van der Waals surface area contributed by atoms with Crippen LogP contribution in [0.25, 0.3) is 0 Å². The number of ether oxygens (including phenoxy) is 1. The van der Waals surface area contributed by atoms with E-state index in [9.17, 15) is 15.0 Å². The summed E-state index contributed by atoms with van der Waals surface area (Å²) in [6.07, 6.45) is 0.617. The molecule has 3 aromatic rings. The van der Waals surface area contributed by atoms with E-state index in [-0.39, 0.29) is 48.5 Å². The predicted octanol–water partition coefficient (Wildman–Crippen LogP) is 1.48. The number of aliphatic hydroxyl groups excluding tert-OH is 1. The van der Waals surface area contributed by atoms with Crippen molar-refractivity contribution in [1.29, 1.82) is 0 Å². The molecule has 29 heavy (non-hydrogen) atoms. The molecule has 0 radical (unpaired) electrons. The molecule has 0 saturated carbocycles. The Balaban J connectivity index is 1.47. The highest BCUT2D eigenvalue weighted by Gasteiger charge is 2.41. The number of halogens is 2. The molecule has 3 heterocycles. The molecule has 152 valence electrons. The summed E-state index contributed by atoms with van der Waals surface area (Å²) in [4.78, 5) is 16.6. The highest BCUT2D eigenvalue weighted by Crippen LogP contribution is 2.32. The molecule has 1 atom stereocenters. The van der Waals surface area contributed by atoms with Crippen LogP contribution in [-0.2, 0) is 23.3 Å². The van der Waals surface area contributed by atoms with Crippen molar-refractivity contribution in [1.82, 2.24) is 19.9 Å². The van der Waals surface area contributed by atoms with Crippen molar-refractivity contribution in [2.24, 2.45) is 0 Å². The van der Waals surface area contributed by atoms with Crippen LogP contribution in [0.1, 0.15) is 28.9 Å². The Labute approximate surface area is 174 Å². The molecule has 0 unspecified atom stereocenters. The second-order valence-electron chi connectivity index (χ2n) is 6.74. The van der Waals surface area contributed by atoms with Crippen LogP contribution >= 0.6 is 23.2 Å². The maximum atomic E-state index is 12.5. The van der Waals surface area contributed by atoms with Crippen molar-refractivity contribution in [2.75, 3.05) is 13.2 Å². The van der Waals surface area contributed by atoms with Crippen molar-refractivity contribution in [3.05, 3.63) is 73.7 Å². The van der Waals surface area contributed by atoms with E-state index in [0.717, 1.165) is 4.68 Å². The zero-order valence-corrected chi connectivity index (χ0v) is 16.5. The number of aromatic nitrogens is 4. The molecule has 2 N–H and O–H groups in total. The fourth-order valence-corrected chi connectivity index (χ4v) is 3.34. The van der Waals surface area contributed by atoms with E-state index in [1.54, 1.807) is 24.3 Å². The smallest absolute Gasteiger partial charge is 0.286 e. The molecule has 1 saturated heterocycles. The average molecular weight is 439 g/mol. The Kier molecular flexibility index (Phi) is 5.41. The van der Waals surface area contributed by atoms with E-state index < -0.39 is 17.3 Å². The van der Waals surface area contributed by atoms with Gasteiger partial charge in [0.05, 0.1) is 25.5 Å². The summed E-state index contributed by atoms with van der Waals surface area (Å²) in [7, 11) is 0. The lowest BCUT2D eigenvalue weighted by Crippen LogP contribution is -2.48. The molecule has 9 nitrogen and oxygen atoms in total. The first kappa shape index (κ1) is 20.0. The first-order valence-corrected chi connectivity index (χ1v) is 9.42. The maximum Gasteiger partial charge on any atom is 0.286 e. The minimum absolute atomic E-state index is 0.0564. The Morgan fingerprint density at radius 3 is 2.62 bits per heavy atom. The molecule has 4 rings (SSSR count). The van der Waals surface area contributed by atoms with Gasteiger partial charge in [-0.25, -0.2) is 4.68 Å². The van der Waals surface area contributed by atoms with E-state index in [1.165, 1.54) is 6.20 Å². The summed E-state index contributed by atoms with van der Waals surface area (Å²) in [5.74, 6) is 0.409. The summed E-state index contributed by atoms with van der Waals surface area (Å²) in [6, 6.07) is 6.78. The Bertz CT molecular complexity index is 1080. The standard InChI is InChI=1S/C18H16Cl2N4O5/c19-11-3-1-10(2-4-11)13(25)5-14-22-15(29-23-14)7-24-17(26)16(20)12(6-21-24)18(27)8-28-9-18/h1-4,6,13,25,27H,5,7-9H2/t13-/m0/s1. The third-order valence-corrected chi connectivity index (χ3v) is 5.21. The van der Waals surface area contributed by atoms with E-state index in [2.05, 4.69) is 15.2 Å². The van der Waals surface area contributed by atoms with Gasteiger partial charge in [-0.15, -0.1) is 0 Å². The van der Waals surface area contributed by atoms with E-state index in [1.807, 2.05) is 0 Å². The van der Waals surface area contributed by atoms with Crippen LogP contribution < -0.4 is 5.56 Å². The molecule has 0 aliphatic carbocycles. The van der Waals surface area contributed by atoms with Gasteiger partial charge in [0.2, 0.25) is 5.89 Å². The minimum atomic E-state index is -1.29. The topological polar surface area (TPSA) is 124 Å². The van der Waals surface area contributed by atoms with Gasteiger partial charge in [0.1, 0.15) is 17.2 Å².